The van der Waals surface area contributed by atoms with Gasteiger partial charge in [0.15, 0.2) is 5.16 Å². The number of pyridine rings is 1. The number of hydrogen-bond donors (Lipinski definition) is 0. The molecule has 0 N–H and O–H groups in total. The van der Waals surface area contributed by atoms with E-state index in [1.807, 2.05) is 36.4 Å². The van der Waals surface area contributed by atoms with Crippen molar-refractivity contribution in [3.8, 4) is 0 Å². The minimum atomic E-state index is -0.353. The quantitative estimate of drug-likeness (QED) is 0.235. The number of ether oxygens (including phenoxy) is 1. The number of aromatic nitrogens is 3. The van der Waals surface area contributed by atoms with Gasteiger partial charge in [0.25, 0.3) is 0 Å². The molecular weight excluding hydrogens is 453 g/mol. The van der Waals surface area contributed by atoms with Crippen LogP contribution in [0.2, 0.25) is 10.0 Å². The van der Waals surface area contributed by atoms with Crippen LogP contribution in [-0.2, 0) is 17.0 Å². The maximum atomic E-state index is 12.1. The van der Waals surface area contributed by atoms with Gasteiger partial charge in [0, 0.05) is 11.9 Å². The highest BCUT2D eigenvalue weighted by atomic mass is 35.5. The molecule has 0 saturated carbocycles. The normalized spacial score (nSPS) is 11.1. The lowest BCUT2D eigenvalue weighted by molar-refractivity contribution is 0.0526. The zero-order valence-corrected chi connectivity index (χ0v) is 19.0. The molecule has 158 valence electrons. The van der Waals surface area contributed by atoms with Gasteiger partial charge in [-0.1, -0.05) is 47.1 Å². The largest absolute Gasteiger partial charge is 0.462 e. The fraction of sp³-hybridized carbons (Fsp3) is 0.174. The van der Waals surface area contributed by atoms with Gasteiger partial charge in [0.1, 0.15) is 0 Å². The topological polar surface area (TPSA) is 57.0 Å². The summed E-state index contributed by atoms with van der Waals surface area (Å²) >= 11 is 13.8. The molecule has 4 aromatic rings. The SMILES string of the molecule is CCOC(=O)c1ccc2c(c1)nc(SCc1ccc(Cl)c(Cl)c1)n2Cc1ccccn1. The lowest BCUT2D eigenvalue weighted by Gasteiger charge is -2.09. The van der Waals surface area contributed by atoms with Crippen molar-refractivity contribution in [2.24, 2.45) is 0 Å². The van der Waals surface area contributed by atoms with Crippen LogP contribution in [0, 0.1) is 0 Å². The van der Waals surface area contributed by atoms with E-state index >= 15 is 0 Å². The van der Waals surface area contributed by atoms with Crippen LogP contribution in [0.4, 0.5) is 0 Å². The van der Waals surface area contributed by atoms with Gasteiger partial charge >= 0.3 is 5.97 Å². The highest BCUT2D eigenvalue weighted by Gasteiger charge is 2.16. The molecule has 0 spiro atoms. The molecule has 0 aliphatic rings. The standard InChI is InChI=1S/C23H19Cl2N3O2S/c1-2-30-22(29)16-7-9-21-20(12-16)27-23(28(21)13-17-5-3-4-10-26-17)31-14-15-6-8-18(24)19(25)11-15/h3-12H,2,13-14H2,1H3. The second-order valence-corrected chi connectivity index (χ2v) is 8.52. The average molecular weight is 472 g/mol. The van der Waals surface area contributed by atoms with E-state index in [-0.39, 0.29) is 5.97 Å². The van der Waals surface area contributed by atoms with Gasteiger partial charge < -0.3 is 9.30 Å². The van der Waals surface area contributed by atoms with Crippen molar-refractivity contribution < 1.29 is 9.53 Å². The molecule has 8 heteroatoms. The highest BCUT2D eigenvalue weighted by molar-refractivity contribution is 7.98. The summed E-state index contributed by atoms with van der Waals surface area (Å²) in [7, 11) is 0. The van der Waals surface area contributed by atoms with Gasteiger partial charge in [-0.2, -0.15) is 0 Å². The van der Waals surface area contributed by atoms with Crippen LogP contribution >= 0.6 is 35.0 Å². The number of esters is 1. The molecule has 0 aliphatic heterocycles. The summed E-state index contributed by atoms with van der Waals surface area (Å²) < 4.78 is 7.23. The van der Waals surface area contributed by atoms with Crippen molar-refractivity contribution in [1.29, 1.82) is 0 Å². The Morgan fingerprint density at radius 1 is 1.10 bits per heavy atom. The zero-order valence-electron chi connectivity index (χ0n) is 16.7. The van der Waals surface area contributed by atoms with Crippen LogP contribution in [0.25, 0.3) is 11.0 Å². The van der Waals surface area contributed by atoms with E-state index in [2.05, 4.69) is 9.55 Å². The molecule has 4 rings (SSSR count). The molecule has 2 aromatic carbocycles. The first-order chi connectivity index (χ1) is 15.0. The lowest BCUT2D eigenvalue weighted by Crippen LogP contribution is -2.05. The molecule has 2 aromatic heterocycles. The predicted molar refractivity (Wildman–Crippen MR) is 125 cm³/mol. The first-order valence-electron chi connectivity index (χ1n) is 9.69. The first kappa shape index (κ1) is 21.7. The van der Waals surface area contributed by atoms with Crippen molar-refractivity contribution in [1.82, 2.24) is 14.5 Å². The average Bonchev–Trinajstić information content (AvgIpc) is 3.12. The number of imidazole rings is 1. The van der Waals surface area contributed by atoms with Gasteiger partial charge in [-0.25, -0.2) is 9.78 Å². The summed E-state index contributed by atoms with van der Waals surface area (Å²) in [6, 6.07) is 16.9. The summed E-state index contributed by atoms with van der Waals surface area (Å²) in [6.07, 6.45) is 1.77. The molecule has 0 saturated heterocycles. The molecule has 0 unspecified atom stereocenters. The summed E-state index contributed by atoms with van der Waals surface area (Å²) in [5, 5.41) is 1.89. The van der Waals surface area contributed by atoms with Gasteiger partial charge in [0.05, 0.1) is 45.5 Å². The predicted octanol–water partition coefficient (Wildman–Crippen LogP) is 6.26. The van der Waals surface area contributed by atoms with E-state index < -0.39 is 0 Å². The maximum Gasteiger partial charge on any atom is 0.338 e. The molecule has 2 heterocycles. The number of thioether (sulfide) groups is 1. The molecule has 0 atom stereocenters. The Morgan fingerprint density at radius 3 is 2.71 bits per heavy atom. The number of hydrogen-bond acceptors (Lipinski definition) is 5. The Hall–Kier alpha value is -2.54. The third kappa shape index (κ3) is 5.03. The number of carbonyl (C=O) groups is 1. The van der Waals surface area contributed by atoms with Gasteiger partial charge in [-0.05, 0) is 55.0 Å². The minimum Gasteiger partial charge on any atom is -0.462 e. The Bertz CT molecular complexity index is 1230. The summed E-state index contributed by atoms with van der Waals surface area (Å²) in [5.74, 6) is 0.321. The smallest absolute Gasteiger partial charge is 0.338 e. The molecular formula is C23H19Cl2N3O2S. The first-order valence-corrected chi connectivity index (χ1v) is 11.4. The number of carbonyl (C=O) groups excluding carboxylic acids is 1. The molecule has 31 heavy (non-hydrogen) atoms. The van der Waals surface area contributed by atoms with Crippen LogP contribution < -0.4 is 0 Å². The fourth-order valence-electron chi connectivity index (χ4n) is 3.14. The molecule has 0 amide bonds. The monoisotopic (exact) mass is 471 g/mol. The van der Waals surface area contributed by atoms with E-state index in [9.17, 15) is 4.79 Å². The molecule has 0 radical (unpaired) electrons. The van der Waals surface area contributed by atoms with Crippen molar-refractivity contribution >= 4 is 52.0 Å². The molecule has 0 bridgehead atoms. The summed E-state index contributed by atoms with van der Waals surface area (Å²) in [6.45, 7) is 2.69. The van der Waals surface area contributed by atoms with Crippen molar-refractivity contribution in [2.75, 3.05) is 6.61 Å². The van der Waals surface area contributed by atoms with Crippen LogP contribution in [0.1, 0.15) is 28.5 Å². The number of fused-ring (bicyclic) bond motifs is 1. The Kier molecular flexibility index (Phi) is 6.80. The van der Waals surface area contributed by atoms with Crippen molar-refractivity contribution in [2.45, 2.75) is 24.4 Å². The Labute approximate surface area is 194 Å². The van der Waals surface area contributed by atoms with Crippen LogP contribution in [0.15, 0.2) is 66.0 Å². The number of rotatable bonds is 7. The van der Waals surface area contributed by atoms with Crippen molar-refractivity contribution in [3.05, 3.63) is 87.7 Å². The maximum absolute atomic E-state index is 12.1. The highest BCUT2D eigenvalue weighted by Crippen LogP contribution is 2.30. The van der Waals surface area contributed by atoms with E-state index in [1.165, 1.54) is 0 Å². The fourth-order valence-corrected chi connectivity index (χ4v) is 4.42. The van der Waals surface area contributed by atoms with Gasteiger partial charge in [-0.15, -0.1) is 0 Å². The van der Waals surface area contributed by atoms with Crippen LogP contribution in [-0.4, -0.2) is 27.1 Å². The summed E-state index contributed by atoms with van der Waals surface area (Å²) in [4.78, 5) is 21.4. The number of nitrogens with zero attached hydrogens (tertiary/aromatic N) is 3. The molecule has 0 fully saturated rings. The second kappa shape index (κ2) is 9.73. The van der Waals surface area contributed by atoms with E-state index in [4.69, 9.17) is 32.9 Å². The van der Waals surface area contributed by atoms with Gasteiger partial charge in [0.2, 0.25) is 0 Å². The van der Waals surface area contributed by atoms with Crippen LogP contribution in [0.5, 0.6) is 0 Å². The van der Waals surface area contributed by atoms with Gasteiger partial charge in [-0.3, -0.25) is 4.98 Å². The Morgan fingerprint density at radius 2 is 1.97 bits per heavy atom. The Balaban J connectivity index is 1.69. The number of halogens is 2. The molecule has 0 aliphatic carbocycles. The minimum absolute atomic E-state index is 0.329. The summed E-state index contributed by atoms with van der Waals surface area (Å²) in [5.41, 5.74) is 4.11. The number of benzene rings is 2. The third-order valence-electron chi connectivity index (χ3n) is 4.62. The van der Waals surface area contributed by atoms with Crippen LogP contribution in [0.3, 0.4) is 0 Å². The zero-order chi connectivity index (χ0) is 21.8. The van der Waals surface area contributed by atoms with E-state index in [0.29, 0.717) is 34.5 Å². The second-order valence-electron chi connectivity index (χ2n) is 6.76. The third-order valence-corrected chi connectivity index (χ3v) is 6.41. The lowest BCUT2D eigenvalue weighted by atomic mass is 10.2. The van der Waals surface area contributed by atoms with Crippen molar-refractivity contribution in [3.63, 3.8) is 0 Å². The van der Waals surface area contributed by atoms with E-state index in [0.717, 1.165) is 27.4 Å². The van der Waals surface area contributed by atoms with E-state index in [1.54, 1.807) is 43.1 Å². The molecule has 5 nitrogen and oxygen atoms in total.